The second-order valence-electron chi connectivity index (χ2n) is 5.91. The van der Waals surface area contributed by atoms with Gasteiger partial charge in [0.05, 0.1) is 19.2 Å². The van der Waals surface area contributed by atoms with Crippen LogP contribution < -0.4 is 4.74 Å². The lowest BCUT2D eigenvalue weighted by molar-refractivity contribution is 0.385. The number of hydrogen-bond donors (Lipinski definition) is 0. The first-order valence-corrected chi connectivity index (χ1v) is 9.08. The molecule has 2 aromatic carbocycles. The Kier molecular flexibility index (Phi) is 4.50. The van der Waals surface area contributed by atoms with E-state index in [1.165, 1.54) is 5.56 Å². The zero-order valence-corrected chi connectivity index (χ0v) is 15.3. The molecule has 0 spiro atoms. The van der Waals surface area contributed by atoms with Crippen LogP contribution in [0.5, 0.6) is 5.75 Å². The van der Waals surface area contributed by atoms with E-state index in [1.54, 1.807) is 18.4 Å². The lowest BCUT2D eigenvalue weighted by Gasteiger charge is -1.98. The number of benzene rings is 2. The number of aromatic nitrogens is 3. The van der Waals surface area contributed by atoms with Crippen LogP contribution in [0.4, 0.5) is 0 Å². The number of aryl methyl sites for hydroxylation is 1. The Morgan fingerprint density at radius 3 is 2.42 bits per heavy atom. The van der Waals surface area contributed by atoms with Crippen molar-refractivity contribution < 1.29 is 9.26 Å². The van der Waals surface area contributed by atoms with Crippen LogP contribution in [-0.4, -0.2) is 22.2 Å². The highest BCUT2D eigenvalue weighted by Crippen LogP contribution is 2.25. The standard InChI is InChI=1S/C20H17N3O2S/c1-13-3-5-14(6-4-13)17-12-26-19(21-17)11-18-22-20(23-25-18)15-7-9-16(24-2)10-8-15/h3-10,12H,11H2,1-2H3. The predicted octanol–water partition coefficient (Wildman–Crippen LogP) is 4.77. The summed E-state index contributed by atoms with van der Waals surface area (Å²) in [6, 6.07) is 15.9. The van der Waals surface area contributed by atoms with Gasteiger partial charge in [0.1, 0.15) is 10.8 Å². The summed E-state index contributed by atoms with van der Waals surface area (Å²) in [5, 5.41) is 7.07. The van der Waals surface area contributed by atoms with Gasteiger partial charge >= 0.3 is 0 Å². The maximum atomic E-state index is 5.38. The van der Waals surface area contributed by atoms with E-state index >= 15 is 0 Å². The van der Waals surface area contributed by atoms with E-state index in [0.717, 1.165) is 27.6 Å². The van der Waals surface area contributed by atoms with Crippen molar-refractivity contribution in [3.63, 3.8) is 0 Å². The number of hydrogen-bond acceptors (Lipinski definition) is 6. The summed E-state index contributed by atoms with van der Waals surface area (Å²) in [5.41, 5.74) is 4.21. The molecule has 2 heterocycles. The molecular weight excluding hydrogens is 346 g/mol. The Morgan fingerprint density at radius 1 is 0.962 bits per heavy atom. The van der Waals surface area contributed by atoms with Gasteiger partial charge < -0.3 is 9.26 Å². The number of ether oxygens (including phenoxy) is 1. The monoisotopic (exact) mass is 363 g/mol. The largest absolute Gasteiger partial charge is 0.497 e. The van der Waals surface area contributed by atoms with Gasteiger partial charge in [-0.25, -0.2) is 4.98 Å². The summed E-state index contributed by atoms with van der Waals surface area (Å²) >= 11 is 1.60. The lowest BCUT2D eigenvalue weighted by atomic mass is 10.1. The summed E-state index contributed by atoms with van der Waals surface area (Å²) in [4.78, 5) is 9.16. The van der Waals surface area contributed by atoms with Crippen molar-refractivity contribution in [1.82, 2.24) is 15.1 Å². The van der Waals surface area contributed by atoms with Gasteiger partial charge in [0.25, 0.3) is 0 Å². The second kappa shape index (κ2) is 7.09. The third-order valence-corrected chi connectivity index (χ3v) is 4.87. The Bertz CT molecular complexity index is 1000. The van der Waals surface area contributed by atoms with Gasteiger partial charge in [0.2, 0.25) is 11.7 Å². The minimum Gasteiger partial charge on any atom is -0.497 e. The van der Waals surface area contributed by atoms with Crippen LogP contribution in [0.2, 0.25) is 0 Å². The van der Waals surface area contributed by atoms with Crippen LogP contribution in [-0.2, 0) is 6.42 Å². The average Bonchev–Trinajstić information content (AvgIpc) is 3.33. The summed E-state index contributed by atoms with van der Waals surface area (Å²) in [6.07, 6.45) is 0.527. The minimum absolute atomic E-state index is 0.527. The molecule has 2 aromatic heterocycles. The highest BCUT2D eigenvalue weighted by Gasteiger charge is 2.12. The molecule has 6 heteroatoms. The average molecular weight is 363 g/mol. The van der Waals surface area contributed by atoms with Crippen molar-refractivity contribution in [2.45, 2.75) is 13.3 Å². The fourth-order valence-electron chi connectivity index (χ4n) is 2.56. The fraction of sp³-hybridized carbons (Fsp3) is 0.150. The van der Waals surface area contributed by atoms with Crippen molar-refractivity contribution >= 4 is 11.3 Å². The lowest BCUT2D eigenvalue weighted by Crippen LogP contribution is -1.89. The van der Waals surface area contributed by atoms with Crippen molar-refractivity contribution in [3.05, 3.63) is 70.4 Å². The van der Waals surface area contributed by atoms with Crippen molar-refractivity contribution in [3.8, 4) is 28.4 Å². The molecule has 0 unspecified atom stereocenters. The van der Waals surface area contributed by atoms with Gasteiger partial charge in [-0.2, -0.15) is 4.98 Å². The Balaban J connectivity index is 1.49. The third kappa shape index (κ3) is 3.50. The van der Waals surface area contributed by atoms with E-state index in [-0.39, 0.29) is 0 Å². The number of thiazole rings is 1. The van der Waals surface area contributed by atoms with Gasteiger partial charge in [-0.05, 0) is 31.2 Å². The number of nitrogens with zero attached hydrogens (tertiary/aromatic N) is 3. The molecule has 0 atom stereocenters. The predicted molar refractivity (Wildman–Crippen MR) is 101 cm³/mol. The van der Waals surface area contributed by atoms with Gasteiger partial charge in [-0.1, -0.05) is 35.0 Å². The van der Waals surface area contributed by atoms with E-state index < -0.39 is 0 Å². The van der Waals surface area contributed by atoms with E-state index in [9.17, 15) is 0 Å². The Morgan fingerprint density at radius 2 is 1.69 bits per heavy atom. The highest BCUT2D eigenvalue weighted by atomic mass is 32.1. The van der Waals surface area contributed by atoms with Gasteiger partial charge in [-0.3, -0.25) is 0 Å². The summed E-state index contributed by atoms with van der Waals surface area (Å²) < 4.78 is 10.5. The zero-order chi connectivity index (χ0) is 17.9. The zero-order valence-electron chi connectivity index (χ0n) is 14.5. The molecule has 0 radical (unpaired) electrons. The number of methoxy groups -OCH3 is 1. The Hall–Kier alpha value is -2.99. The van der Waals surface area contributed by atoms with Crippen molar-refractivity contribution in [2.75, 3.05) is 7.11 Å². The fourth-order valence-corrected chi connectivity index (χ4v) is 3.36. The van der Waals surface area contributed by atoms with Crippen molar-refractivity contribution in [1.29, 1.82) is 0 Å². The van der Waals surface area contributed by atoms with Gasteiger partial charge in [0, 0.05) is 16.5 Å². The highest BCUT2D eigenvalue weighted by molar-refractivity contribution is 7.10. The first kappa shape index (κ1) is 16.5. The van der Waals surface area contributed by atoms with E-state index in [1.807, 2.05) is 24.3 Å². The molecule has 4 rings (SSSR count). The van der Waals surface area contributed by atoms with Crippen LogP contribution in [0.15, 0.2) is 58.4 Å². The molecule has 5 nitrogen and oxygen atoms in total. The molecule has 0 aliphatic heterocycles. The first-order valence-electron chi connectivity index (χ1n) is 8.20. The summed E-state index contributed by atoms with van der Waals surface area (Å²) in [5.74, 6) is 1.92. The minimum atomic E-state index is 0.527. The molecule has 0 N–H and O–H groups in total. The van der Waals surface area contributed by atoms with E-state index in [0.29, 0.717) is 18.1 Å². The van der Waals surface area contributed by atoms with Crippen molar-refractivity contribution in [2.24, 2.45) is 0 Å². The topological polar surface area (TPSA) is 61.0 Å². The SMILES string of the molecule is COc1ccc(-c2noc(Cc3nc(-c4ccc(C)cc4)cs3)n2)cc1. The number of rotatable bonds is 5. The molecule has 0 aliphatic rings. The maximum absolute atomic E-state index is 5.38. The molecule has 130 valence electrons. The molecule has 0 saturated carbocycles. The van der Waals surface area contributed by atoms with Crippen LogP contribution in [0.3, 0.4) is 0 Å². The smallest absolute Gasteiger partial charge is 0.233 e. The Labute approximate surface area is 155 Å². The van der Waals surface area contributed by atoms with Gasteiger partial charge in [-0.15, -0.1) is 11.3 Å². The maximum Gasteiger partial charge on any atom is 0.233 e. The van der Waals surface area contributed by atoms with Crippen LogP contribution in [0.25, 0.3) is 22.6 Å². The van der Waals surface area contributed by atoms with Crippen LogP contribution in [0, 0.1) is 6.92 Å². The van der Waals surface area contributed by atoms with E-state index in [2.05, 4.69) is 51.7 Å². The molecule has 26 heavy (non-hydrogen) atoms. The van der Waals surface area contributed by atoms with E-state index in [4.69, 9.17) is 9.26 Å². The molecule has 0 bridgehead atoms. The molecular formula is C20H17N3O2S. The molecule has 0 saturated heterocycles. The third-order valence-electron chi connectivity index (χ3n) is 4.02. The van der Waals surface area contributed by atoms with Crippen LogP contribution in [0.1, 0.15) is 16.5 Å². The normalized spacial score (nSPS) is 10.8. The molecule has 4 aromatic rings. The molecule has 0 aliphatic carbocycles. The second-order valence-corrected chi connectivity index (χ2v) is 6.85. The molecule has 0 fully saturated rings. The summed E-state index contributed by atoms with van der Waals surface area (Å²) in [6.45, 7) is 2.08. The van der Waals surface area contributed by atoms with Crippen LogP contribution >= 0.6 is 11.3 Å². The quantitative estimate of drug-likeness (QED) is 0.511. The van der Waals surface area contributed by atoms with Gasteiger partial charge in [0.15, 0.2) is 0 Å². The first-order chi connectivity index (χ1) is 12.7. The molecule has 0 amide bonds. The summed E-state index contributed by atoms with van der Waals surface area (Å²) in [7, 11) is 1.64.